The molecule has 2 aromatic heterocycles. The zero-order valence-corrected chi connectivity index (χ0v) is 25.9. The highest BCUT2D eigenvalue weighted by Crippen LogP contribution is 2.32. The molecule has 2 saturated heterocycles. The second-order valence-corrected chi connectivity index (χ2v) is 12.8. The number of para-hydroxylation sites is 2. The van der Waals surface area contributed by atoms with E-state index in [2.05, 4.69) is 29.0 Å². The molecule has 2 aliphatic heterocycles. The molecule has 0 atom stereocenters. The van der Waals surface area contributed by atoms with Crippen molar-refractivity contribution in [3.63, 3.8) is 0 Å². The van der Waals surface area contributed by atoms with Crippen molar-refractivity contribution in [3.05, 3.63) is 36.2 Å². The fraction of sp³-hybridized carbons (Fsp3) is 0.656. The number of nitrogens with zero attached hydrogens (tertiary/aromatic N) is 6. The molecular formula is C32H45F2N7O3. The molecule has 10 nitrogen and oxygen atoms in total. The van der Waals surface area contributed by atoms with Crippen LogP contribution in [0, 0.1) is 11.8 Å². The molecule has 1 N–H and O–H groups in total. The van der Waals surface area contributed by atoms with Gasteiger partial charge in [0, 0.05) is 44.3 Å². The van der Waals surface area contributed by atoms with Gasteiger partial charge in [0.05, 0.1) is 44.1 Å². The maximum atomic E-state index is 14.2. The number of alkyl halides is 2. The zero-order chi connectivity index (χ0) is 30.5. The highest BCUT2D eigenvalue weighted by atomic mass is 19.3. The molecule has 0 radical (unpaired) electrons. The second kappa shape index (κ2) is 14.0. The normalized spacial score (nSPS) is 22.2. The number of fused-ring (bicyclic) bond motifs is 1. The summed E-state index contributed by atoms with van der Waals surface area (Å²) < 4.78 is 47.1. The lowest BCUT2D eigenvalue weighted by Gasteiger charge is -2.41. The van der Waals surface area contributed by atoms with E-state index < -0.39 is 6.43 Å². The van der Waals surface area contributed by atoms with Gasteiger partial charge in [0.2, 0.25) is 11.8 Å². The van der Waals surface area contributed by atoms with Crippen LogP contribution in [0.5, 0.6) is 5.88 Å². The van der Waals surface area contributed by atoms with Gasteiger partial charge in [-0.05, 0) is 70.0 Å². The van der Waals surface area contributed by atoms with Gasteiger partial charge >= 0.3 is 0 Å². The van der Waals surface area contributed by atoms with Crippen LogP contribution in [-0.2, 0) is 9.47 Å². The van der Waals surface area contributed by atoms with E-state index in [1.807, 2.05) is 11.0 Å². The van der Waals surface area contributed by atoms with Crippen molar-refractivity contribution < 1.29 is 23.0 Å². The van der Waals surface area contributed by atoms with Crippen LogP contribution in [0.3, 0.4) is 0 Å². The van der Waals surface area contributed by atoms with E-state index in [0.717, 1.165) is 65.1 Å². The van der Waals surface area contributed by atoms with Crippen molar-refractivity contribution in [2.24, 2.45) is 11.8 Å². The molecule has 3 fully saturated rings. The Balaban J connectivity index is 1.09. The van der Waals surface area contributed by atoms with Crippen molar-refractivity contribution in [2.45, 2.75) is 51.5 Å². The molecule has 1 aromatic carbocycles. The van der Waals surface area contributed by atoms with Gasteiger partial charge in [-0.2, -0.15) is 9.97 Å². The van der Waals surface area contributed by atoms with Crippen LogP contribution in [0.15, 0.2) is 30.3 Å². The summed E-state index contributed by atoms with van der Waals surface area (Å²) in [6.07, 6.45) is 1.74. The third kappa shape index (κ3) is 7.30. The molecule has 4 heterocycles. The number of benzene rings is 1. The van der Waals surface area contributed by atoms with E-state index in [1.54, 1.807) is 24.3 Å². The Labute approximate surface area is 258 Å². The Hall–Kier alpha value is -2.93. The summed E-state index contributed by atoms with van der Waals surface area (Å²) in [5.74, 6) is 1.91. The van der Waals surface area contributed by atoms with Crippen LogP contribution >= 0.6 is 0 Å². The van der Waals surface area contributed by atoms with Gasteiger partial charge in [0.1, 0.15) is 5.82 Å². The Morgan fingerprint density at radius 1 is 0.932 bits per heavy atom. The lowest BCUT2D eigenvalue weighted by molar-refractivity contribution is -0.00992. The molecule has 240 valence electrons. The minimum Gasteiger partial charge on any atom is -0.477 e. The van der Waals surface area contributed by atoms with Gasteiger partial charge in [0.15, 0.2) is 5.82 Å². The molecule has 3 aliphatic rings. The van der Waals surface area contributed by atoms with Crippen molar-refractivity contribution in [1.82, 2.24) is 29.7 Å². The quantitative estimate of drug-likeness (QED) is 0.336. The number of halogens is 2. The molecule has 1 aliphatic carbocycles. The van der Waals surface area contributed by atoms with Gasteiger partial charge in [-0.1, -0.05) is 12.1 Å². The zero-order valence-electron chi connectivity index (χ0n) is 25.9. The molecule has 0 bridgehead atoms. The van der Waals surface area contributed by atoms with E-state index in [9.17, 15) is 8.78 Å². The third-order valence-electron chi connectivity index (χ3n) is 9.27. The van der Waals surface area contributed by atoms with Crippen molar-refractivity contribution in [3.8, 4) is 11.7 Å². The number of nitrogens with one attached hydrogen (secondary N) is 1. The van der Waals surface area contributed by atoms with E-state index >= 15 is 0 Å². The standard InChI is InChI=1S/C32H45F2N7O3/c1-32(2,40-13-17-43-18-14-40)22-35-20-23-7-9-24(10-8-23)21-44-28-19-27(37-31(38-28)39-11-15-42-16-12-39)41-26-6-4-3-5-25(26)36-30(41)29(33)34/h3-6,19,23-24,29,35H,7-18,20-22H2,1-2H3. The molecule has 6 rings (SSSR count). The number of imidazole rings is 1. The Kier molecular flexibility index (Phi) is 9.89. The first-order valence-electron chi connectivity index (χ1n) is 16.0. The highest BCUT2D eigenvalue weighted by Gasteiger charge is 2.29. The summed E-state index contributed by atoms with van der Waals surface area (Å²) in [5.41, 5.74) is 1.18. The number of aromatic nitrogens is 4. The Morgan fingerprint density at radius 2 is 1.61 bits per heavy atom. The lowest BCUT2D eigenvalue weighted by Crippen LogP contribution is -2.55. The number of morpholine rings is 2. The second-order valence-electron chi connectivity index (χ2n) is 12.8. The van der Waals surface area contributed by atoms with Crippen LogP contribution in [-0.4, -0.2) is 102 Å². The molecule has 12 heteroatoms. The van der Waals surface area contributed by atoms with Gasteiger partial charge in [-0.25, -0.2) is 13.8 Å². The highest BCUT2D eigenvalue weighted by molar-refractivity contribution is 5.78. The molecule has 44 heavy (non-hydrogen) atoms. The van der Waals surface area contributed by atoms with E-state index in [4.69, 9.17) is 24.2 Å². The van der Waals surface area contributed by atoms with Gasteiger partial charge in [-0.15, -0.1) is 0 Å². The smallest absolute Gasteiger partial charge is 0.296 e. The molecule has 1 saturated carbocycles. The number of hydrogen-bond acceptors (Lipinski definition) is 9. The molecule has 0 spiro atoms. The Bertz CT molecular complexity index is 1370. The molecule has 0 unspecified atom stereocenters. The lowest BCUT2D eigenvalue weighted by atomic mass is 9.82. The van der Waals surface area contributed by atoms with Crippen molar-refractivity contribution >= 4 is 17.0 Å². The average Bonchev–Trinajstić information content (AvgIpc) is 3.45. The maximum absolute atomic E-state index is 14.2. The van der Waals surface area contributed by atoms with Crippen molar-refractivity contribution in [2.75, 3.05) is 77.2 Å². The molecule has 0 amide bonds. The first-order valence-corrected chi connectivity index (χ1v) is 16.0. The van der Waals surface area contributed by atoms with Gasteiger partial charge in [0.25, 0.3) is 6.43 Å². The summed E-state index contributed by atoms with van der Waals surface area (Å²) in [6.45, 7) is 13.1. The summed E-state index contributed by atoms with van der Waals surface area (Å²) in [5, 5.41) is 3.74. The Morgan fingerprint density at radius 3 is 2.34 bits per heavy atom. The van der Waals surface area contributed by atoms with Crippen LogP contribution < -0.4 is 15.0 Å². The van der Waals surface area contributed by atoms with Gasteiger partial charge < -0.3 is 24.4 Å². The van der Waals surface area contributed by atoms with Crippen molar-refractivity contribution in [1.29, 1.82) is 0 Å². The number of ether oxygens (including phenoxy) is 3. The first-order chi connectivity index (χ1) is 21.4. The summed E-state index contributed by atoms with van der Waals surface area (Å²) in [7, 11) is 0. The SMILES string of the molecule is CC(C)(CNCC1CCC(COc2cc(-n3c(C(F)F)nc4ccccc43)nc(N3CCOCC3)n2)CC1)N1CCOCC1. The number of hydrogen-bond donors (Lipinski definition) is 1. The number of rotatable bonds is 11. The minimum absolute atomic E-state index is 0.115. The van der Waals surface area contributed by atoms with E-state index in [0.29, 0.717) is 73.4 Å². The number of anilines is 1. The summed E-state index contributed by atoms with van der Waals surface area (Å²) in [6, 6.07) is 8.78. The van der Waals surface area contributed by atoms with Crippen LogP contribution in [0.2, 0.25) is 0 Å². The third-order valence-corrected chi connectivity index (χ3v) is 9.27. The van der Waals surface area contributed by atoms with E-state index in [-0.39, 0.29) is 11.4 Å². The fourth-order valence-corrected chi connectivity index (χ4v) is 6.59. The fourth-order valence-electron chi connectivity index (χ4n) is 6.59. The molecule has 3 aromatic rings. The topological polar surface area (TPSA) is 89.8 Å². The maximum Gasteiger partial charge on any atom is 0.296 e. The van der Waals surface area contributed by atoms with Crippen LogP contribution in [0.1, 0.15) is 51.8 Å². The predicted octanol–water partition coefficient (Wildman–Crippen LogP) is 4.48. The van der Waals surface area contributed by atoms with Crippen LogP contribution in [0.25, 0.3) is 16.9 Å². The predicted molar refractivity (Wildman–Crippen MR) is 165 cm³/mol. The first kappa shape index (κ1) is 31.1. The van der Waals surface area contributed by atoms with E-state index in [1.165, 1.54) is 4.57 Å². The van der Waals surface area contributed by atoms with Crippen LogP contribution in [0.4, 0.5) is 14.7 Å². The summed E-state index contributed by atoms with van der Waals surface area (Å²) in [4.78, 5) is 18.2. The van der Waals surface area contributed by atoms with Gasteiger partial charge in [-0.3, -0.25) is 9.47 Å². The molecular weight excluding hydrogens is 568 g/mol. The summed E-state index contributed by atoms with van der Waals surface area (Å²) >= 11 is 0. The minimum atomic E-state index is -2.76. The average molecular weight is 614 g/mol. The monoisotopic (exact) mass is 613 g/mol. The largest absolute Gasteiger partial charge is 0.477 e.